The zero-order valence-corrected chi connectivity index (χ0v) is 43.7. The molecule has 2 aliphatic heterocycles. The molecule has 0 aromatic heterocycles. The lowest BCUT2D eigenvalue weighted by Gasteiger charge is -2.46. The molecule has 0 spiro atoms. The number of allylic oxidation sites excluding steroid dienone is 1. The summed E-state index contributed by atoms with van der Waals surface area (Å²) in [5.74, 6) is -1.42. The molecule has 0 aromatic rings. The predicted octanol–water partition coefficient (Wildman–Crippen LogP) is 9.23. The van der Waals surface area contributed by atoms with Crippen LogP contribution >= 0.6 is 12.3 Å². The molecule has 0 aromatic carbocycles. The number of aliphatic hydroxyl groups is 5. The van der Waals surface area contributed by atoms with Crippen molar-refractivity contribution in [3.8, 4) is 0 Å². The van der Waals surface area contributed by atoms with Gasteiger partial charge in [0.15, 0.2) is 36.9 Å². The third-order valence-corrected chi connectivity index (χ3v) is 13.9. The molecule has 0 bridgehead atoms. The maximum Gasteiger partial charge on any atom is 0.333 e. The Balaban J connectivity index is 2.02. The molecule has 0 saturated carbocycles. The molecular weight excluding hydrogens is 913 g/mol. The Bertz CT molecular complexity index is 1300. The van der Waals surface area contributed by atoms with E-state index in [0.717, 1.165) is 44.9 Å². The smallest absolute Gasteiger partial charge is 0.333 e. The van der Waals surface area contributed by atoms with E-state index in [9.17, 15) is 40.4 Å². The summed E-state index contributed by atoms with van der Waals surface area (Å²) >= 11 is 0.000533. The van der Waals surface area contributed by atoms with E-state index < -0.39 is 86.6 Å². The molecule has 2 aliphatic rings. The second-order valence-electron chi connectivity index (χ2n) is 19.6. The average molecular weight is 1010 g/mol. The van der Waals surface area contributed by atoms with E-state index in [2.05, 4.69) is 23.2 Å². The molecule has 0 aliphatic carbocycles. The van der Waals surface area contributed by atoms with Crippen LogP contribution in [0.2, 0.25) is 0 Å². The van der Waals surface area contributed by atoms with E-state index in [1.54, 1.807) is 6.92 Å². The van der Waals surface area contributed by atoms with Crippen LogP contribution in [0.4, 0.5) is 0 Å². The summed E-state index contributed by atoms with van der Waals surface area (Å²) in [6.45, 7) is 6.58. The molecule has 2 heterocycles. The van der Waals surface area contributed by atoms with Crippen molar-refractivity contribution in [3.05, 3.63) is 11.6 Å². The second kappa shape index (κ2) is 41.0. The number of hydrogen-bond acceptors (Lipinski definition) is 17. The first-order valence-electron chi connectivity index (χ1n) is 27.1. The summed E-state index contributed by atoms with van der Waals surface area (Å²) < 4.78 is 38.9. The van der Waals surface area contributed by atoms with E-state index in [1.165, 1.54) is 141 Å². The average Bonchev–Trinajstić information content (AvgIpc) is 3.34. The fourth-order valence-corrected chi connectivity index (χ4v) is 9.54. The maximum absolute atomic E-state index is 13.7. The van der Waals surface area contributed by atoms with Crippen molar-refractivity contribution in [1.29, 1.82) is 0 Å². The molecule has 2 rings (SSSR count). The van der Waals surface area contributed by atoms with Crippen LogP contribution in [0.15, 0.2) is 11.6 Å². The first-order chi connectivity index (χ1) is 33.5. The Hall–Kier alpha value is -1.45. The number of hydrogen-bond donors (Lipinski definition) is 5. The van der Waals surface area contributed by atoms with Gasteiger partial charge in [0.25, 0.3) is 0 Å². The molecule has 2 saturated heterocycles. The van der Waals surface area contributed by atoms with Gasteiger partial charge in [0.05, 0.1) is 13.2 Å². The first kappa shape index (κ1) is 63.7. The number of unbranched alkanes of at least 4 members (excludes halogenated alkanes) is 27. The van der Waals surface area contributed by atoms with E-state index in [1.807, 2.05) is 13.0 Å². The van der Waals surface area contributed by atoms with Gasteiger partial charge in [-0.3, -0.25) is 14.0 Å². The van der Waals surface area contributed by atoms with E-state index >= 15 is 0 Å². The van der Waals surface area contributed by atoms with Crippen LogP contribution in [0.25, 0.3) is 0 Å². The van der Waals surface area contributed by atoms with Gasteiger partial charge in [-0.05, 0) is 25.7 Å². The van der Waals surface area contributed by atoms with Gasteiger partial charge >= 0.3 is 11.9 Å². The zero-order valence-electron chi connectivity index (χ0n) is 42.9. The minimum absolute atomic E-state index is 0.000533. The number of esters is 2. The highest BCUT2D eigenvalue weighted by molar-refractivity contribution is 7.89. The molecule has 0 amide bonds. The van der Waals surface area contributed by atoms with Gasteiger partial charge < -0.3 is 54.5 Å². The summed E-state index contributed by atoms with van der Waals surface area (Å²) in [6, 6.07) is 0. The number of rotatable bonds is 43. The highest BCUT2D eigenvalue weighted by Crippen LogP contribution is 2.34. The third kappa shape index (κ3) is 27.4. The van der Waals surface area contributed by atoms with Gasteiger partial charge in [-0.1, -0.05) is 207 Å². The van der Waals surface area contributed by atoms with E-state index in [0.29, 0.717) is 6.42 Å². The van der Waals surface area contributed by atoms with Crippen molar-refractivity contribution < 1.29 is 77.6 Å². The van der Waals surface area contributed by atoms with Gasteiger partial charge in [-0.2, -0.15) is 0 Å². The van der Waals surface area contributed by atoms with Crippen LogP contribution in [0.1, 0.15) is 227 Å². The first-order valence-corrected chi connectivity index (χ1v) is 27.8. The number of carbonyl (C=O) groups is 2. The second-order valence-corrected chi connectivity index (χ2v) is 20.0. The molecule has 16 nitrogen and oxygen atoms in total. The van der Waals surface area contributed by atoms with Gasteiger partial charge in [-0.15, -0.1) is 4.33 Å². The van der Waals surface area contributed by atoms with Crippen LogP contribution in [0.5, 0.6) is 0 Å². The van der Waals surface area contributed by atoms with Crippen molar-refractivity contribution >= 4 is 24.3 Å². The Labute approximate surface area is 419 Å². The molecule has 2 fully saturated rings. The maximum atomic E-state index is 13.7. The summed E-state index contributed by atoms with van der Waals surface area (Å²) in [7, 11) is 0. The van der Waals surface area contributed by atoms with Gasteiger partial charge in [0, 0.05) is 12.0 Å². The summed E-state index contributed by atoms with van der Waals surface area (Å²) in [6.07, 6.45) is 21.6. The highest BCUT2D eigenvalue weighted by Gasteiger charge is 2.54. The lowest BCUT2D eigenvalue weighted by molar-refractivity contribution is -0.777. The standard InChI is InChI=1S/C52H96O16S/c1-5-7-9-11-13-15-17-19-20-21-23-24-26-28-30-32-34-39(3)36-40(4)50(59)64-47-45(57)42(38-54)62-52(65-51-48(66-69-68-67-60)46(58)44(56)41(37-53)61-51)49(47)63-43(55)35-33-31-29-27-25-22-18-16-14-12-10-8-6-2/h36,39,41-42,44-49,51-54,56-58,60H,5-35,37-38H2,1-4H3/p-1/b40-36+/t39-,41?,42?,44?,45?,46?,47?,48?,49?,51?,52?/m0/s1. The monoisotopic (exact) mass is 1010 g/mol. The Morgan fingerprint density at radius 1 is 0.580 bits per heavy atom. The minimum atomic E-state index is -1.79. The van der Waals surface area contributed by atoms with Gasteiger partial charge in [0.2, 0.25) is 6.29 Å². The van der Waals surface area contributed by atoms with Gasteiger partial charge in [0.1, 0.15) is 30.5 Å². The molecular formula is C52H95O16S-. The third-order valence-electron chi connectivity index (χ3n) is 13.5. The number of ether oxygens (including phenoxy) is 5. The highest BCUT2D eigenvalue weighted by atomic mass is 32.2. The topological polar surface area (TPSA) is 232 Å². The van der Waals surface area contributed by atoms with Crippen LogP contribution in [-0.4, -0.2) is 112 Å². The summed E-state index contributed by atoms with van der Waals surface area (Å²) in [4.78, 5) is 27.2. The predicted molar refractivity (Wildman–Crippen MR) is 262 cm³/mol. The van der Waals surface area contributed by atoms with Crippen molar-refractivity contribution in [2.75, 3.05) is 13.2 Å². The fraction of sp³-hybridized carbons (Fsp3) is 0.923. The molecule has 5 N–H and O–H groups in total. The van der Waals surface area contributed by atoms with Crippen LogP contribution in [0, 0.1) is 5.92 Å². The van der Waals surface area contributed by atoms with Crippen molar-refractivity contribution in [2.24, 2.45) is 5.92 Å². The minimum Gasteiger partial charge on any atom is -0.691 e. The summed E-state index contributed by atoms with van der Waals surface area (Å²) in [5, 5.41) is 66.9. The van der Waals surface area contributed by atoms with Crippen molar-refractivity contribution in [1.82, 2.24) is 0 Å². The summed E-state index contributed by atoms with van der Waals surface area (Å²) in [5.41, 5.74) is 0.275. The van der Waals surface area contributed by atoms with Crippen LogP contribution < -0.4 is 5.26 Å². The SMILES string of the molecule is CCCCCCCCCCCCCCCCCC[C@H](C)/C=C(\C)C(=O)OC1C(O)C(CO)OC(OC2OC(CO)C(O)C(O)C2OSOO[O-])C1OC(=O)CCCCCCCCCCCCCCC. The largest absolute Gasteiger partial charge is 0.691 e. The normalized spacial score (nSPS) is 25.7. The van der Waals surface area contributed by atoms with Crippen LogP contribution in [0.3, 0.4) is 0 Å². The Morgan fingerprint density at radius 3 is 1.45 bits per heavy atom. The van der Waals surface area contributed by atoms with E-state index in [-0.39, 0.29) is 30.2 Å². The lowest BCUT2D eigenvalue weighted by Crippen LogP contribution is -2.65. The number of carbonyl (C=O) groups excluding carboxylic acids is 2. The molecule has 10 unspecified atom stereocenters. The number of aliphatic hydroxyl groups excluding tert-OH is 5. The van der Waals surface area contributed by atoms with Crippen molar-refractivity contribution in [3.63, 3.8) is 0 Å². The van der Waals surface area contributed by atoms with Gasteiger partial charge in [-0.25, -0.2) is 4.79 Å². The van der Waals surface area contributed by atoms with Crippen molar-refractivity contribution in [2.45, 2.75) is 288 Å². The molecule has 406 valence electrons. The van der Waals surface area contributed by atoms with Crippen LogP contribution in [-0.2, 0) is 46.8 Å². The quantitative estimate of drug-likeness (QED) is 0.00956. The lowest BCUT2D eigenvalue weighted by atomic mass is 9.97. The molecule has 11 atom stereocenters. The molecule has 17 heteroatoms. The fourth-order valence-electron chi connectivity index (χ4n) is 9.19. The van der Waals surface area contributed by atoms with E-state index in [4.69, 9.17) is 27.9 Å². The molecule has 0 radical (unpaired) electrons. The Kier molecular flexibility index (Phi) is 37.8. The Morgan fingerprint density at radius 2 is 1.00 bits per heavy atom. The zero-order chi connectivity index (χ0) is 50.5. The molecule has 69 heavy (non-hydrogen) atoms.